The number of carboxylic acid groups (broad SMARTS) is 1. The number of rotatable bonds is 10. The lowest BCUT2D eigenvalue weighted by Gasteiger charge is -2.52. The molecule has 0 aliphatic carbocycles. The summed E-state index contributed by atoms with van der Waals surface area (Å²) >= 11 is 0. The van der Waals surface area contributed by atoms with Crippen molar-refractivity contribution >= 4 is 58.8 Å². The molecule has 7 amide bonds. The zero-order chi connectivity index (χ0) is 33.2. The van der Waals surface area contributed by atoms with E-state index in [1.165, 1.54) is 29.2 Å². The molecule has 2 fully saturated rings. The van der Waals surface area contributed by atoms with Gasteiger partial charge >= 0.3 is 35.7 Å². The van der Waals surface area contributed by atoms with Crippen LogP contribution in [0.1, 0.15) is 25.5 Å². The maximum Gasteiger partial charge on any atom is 0.393 e. The number of esters is 1. The van der Waals surface area contributed by atoms with E-state index in [9.17, 15) is 52.8 Å². The summed E-state index contributed by atoms with van der Waals surface area (Å²) in [5.41, 5.74) is 1.23. The molecule has 19 heteroatoms. The van der Waals surface area contributed by atoms with Crippen LogP contribution >= 0.6 is 0 Å². The van der Waals surface area contributed by atoms with Crippen LogP contribution in [0.15, 0.2) is 35.5 Å². The summed E-state index contributed by atoms with van der Waals surface area (Å²) < 4.78 is 16.7. The maximum absolute atomic E-state index is 14.0. The molecular weight excluding hydrogens is 620 g/mol. The van der Waals surface area contributed by atoms with Gasteiger partial charge in [-0.1, -0.05) is 12.1 Å². The average molecular weight is 650 g/mol. The first-order valence-electron chi connectivity index (χ1n) is 13.4. The lowest BCUT2D eigenvalue weighted by Crippen LogP contribution is -2.88. The number of nitrogens with zero attached hydrogens (tertiary/aromatic N) is 3. The highest BCUT2D eigenvalue weighted by Crippen LogP contribution is 2.42. The first-order chi connectivity index (χ1) is 21.3. The highest BCUT2D eigenvalue weighted by atomic mass is 32.2. The summed E-state index contributed by atoms with van der Waals surface area (Å²) in [7, 11) is -2.12. The number of nitrogens with one attached hydrogen (secondary N) is 3. The maximum atomic E-state index is 14.0. The number of aliphatic carboxylic acids is 1. The van der Waals surface area contributed by atoms with E-state index in [2.05, 4.69) is 16.1 Å². The molecule has 18 nitrogen and oxygen atoms in total. The predicted molar refractivity (Wildman–Crippen MR) is 148 cm³/mol. The molecule has 0 spiro atoms. The van der Waals surface area contributed by atoms with Crippen LogP contribution in [-0.4, -0.2) is 120 Å². The Bertz CT molecular complexity index is 1540. The molecule has 3 unspecified atom stereocenters. The molecule has 5 atom stereocenters. The van der Waals surface area contributed by atoms with Gasteiger partial charge in [-0.3, -0.25) is 33.1 Å². The van der Waals surface area contributed by atoms with E-state index in [0.29, 0.717) is 4.90 Å². The zero-order valence-electron chi connectivity index (χ0n) is 23.9. The van der Waals surface area contributed by atoms with Gasteiger partial charge in [0.2, 0.25) is 17.8 Å². The van der Waals surface area contributed by atoms with Gasteiger partial charge in [0.15, 0.2) is 0 Å². The number of benzene rings is 1. The summed E-state index contributed by atoms with van der Waals surface area (Å²) in [6.45, 7) is 2.04. The zero-order valence-corrected chi connectivity index (χ0v) is 24.7. The Kier molecular flexibility index (Phi) is 9.33. The Hall–Kier alpha value is -5.17. The van der Waals surface area contributed by atoms with Crippen LogP contribution in [0.25, 0.3) is 0 Å². The van der Waals surface area contributed by atoms with Crippen LogP contribution in [0.4, 0.5) is 4.79 Å². The number of quaternary nitrogens is 1. The van der Waals surface area contributed by atoms with Crippen molar-refractivity contribution in [1.82, 2.24) is 25.9 Å². The molecule has 0 aromatic heterocycles. The van der Waals surface area contributed by atoms with Crippen molar-refractivity contribution in [2.75, 3.05) is 32.0 Å². The highest BCUT2D eigenvalue weighted by Gasteiger charge is 2.74. The second-order valence-corrected chi connectivity index (χ2v) is 11.6. The van der Waals surface area contributed by atoms with Gasteiger partial charge in [-0.25, -0.2) is 14.4 Å². The van der Waals surface area contributed by atoms with Crippen molar-refractivity contribution in [2.45, 2.75) is 31.3 Å². The molecule has 2 saturated heterocycles. The number of β-lactam (4-membered cyclic amide) rings is 1. The number of fused-ring (bicyclic) bond motifs is 1. The van der Waals surface area contributed by atoms with Crippen LogP contribution in [0, 0.1) is 0 Å². The second kappa shape index (κ2) is 12.8. The van der Waals surface area contributed by atoms with Crippen molar-refractivity contribution in [2.24, 2.45) is 0 Å². The molecule has 1 aromatic carbocycles. The monoisotopic (exact) mass is 649 g/mol. The highest BCUT2D eigenvalue weighted by molar-refractivity contribution is 7.85. The standard InChI is InChI=1S/C26H28N6O12S/c1-3-30-8-9-31(22(38)21(30)37)26(42)28-17(14-4-6-16(35)7-5-14)20(36)29-32-19(25(40)41)15(10-44-13(2)34)11-45(43)24(32)18(23(32)39)27-12-33/h4-7,12,17-18,24H,3,8-11H2,1-2H3,(H4-,27,28,29,33,35,36,40,41,42)/p+1/t17?,18-,24+,32?,45?/m0/s1. The third-order valence-corrected chi connectivity index (χ3v) is 9.19. The van der Waals surface area contributed by atoms with Crippen molar-refractivity contribution < 1.29 is 62.1 Å². The van der Waals surface area contributed by atoms with Gasteiger partial charge in [0.1, 0.15) is 18.4 Å². The lowest BCUT2D eigenvalue weighted by molar-refractivity contribution is -0.889. The van der Waals surface area contributed by atoms with Crippen molar-refractivity contribution in [1.29, 1.82) is 0 Å². The summed E-state index contributed by atoms with van der Waals surface area (Å²) in [4.78, 5) is 103. The SMILES string of the molecule is CCN1CCN(C(=O)NC(C(=O)N[N+]23C(=O)[C@H](NC=O)[C@H]2S(=O)CC(COC(C)=O)=C3C(=O)O)c2ccc(O)cc2)C(=O)C1=O. The molecule has 3 aliphatic heterocycles. The van der Waals surface area contributed by atoms with E-state index < -0.39 is 92.5 Å². The van der Waals surface area contributed by atoms with E-state index >= 15 is 0 Å². The number of carbonyl (C=O) groups excluding carboxylic acids is 7. The number of ether oxygens (including phenoxy) is 1. The van der Waals surface area contributed by atoms with E-state index in [1.807, 2.05) is 0 Å². The Morgan fingerprint density at radius 2 is 1.80 bits per heavy atom. The number of hydrogen-bond donors (Lipinski definition) is 5. The Balaban J connectivity index is 1.76. The number of urea groups is 1. The fourth-order valence-electron chi connectivity index (χ4n) is 5.33. The quantitative estimate of drug-likeness (QED) is 0.0573. The van der Waals surface area contributed by atoms with Gasteiger partial charge in [-0.15, -0.1) is 4.59 Å². The molecule has 45 heavy (non-hydrogen) atoms. The van der Waals surface area contributed by atoms with Gasteiger partial charge in [-0.05, 0) is 24.6 Å². The van der Waals surface area contributed by atoms with Gasteiger partial charge in [0.25, 0.3) is 11.6 Å². The second-order valence-electron chi connectivity index (χ2n) is 10.1. The molecule has 3 aliphatic rings. The number of carboxylic acids is 1. The molecule has 0 saturated carbocycles. The number of likely N-dealkylation sites (N-methyl/N-ethyl adjacent to an activating group) is 1. The molecule has 0 bridgehead atoms. The third kappa shape index (κ3) is 5.86. The van der Waals surface area contributed by atoms with E-state index in [0.717, 1.165) is 6.92 Å². The van der Waals surface area contributed by atoms with Crippen LogP contribution in [0.2, 0.25) is 0 Å². The topological polar surface area (TPSA) is 246 Å². The number of imide groups is 1. The Morgan fingerprint density at radius 3 is 2.38 bits per heavy atom. The van der Waals surface area contributed by atoms with Gasteiger partial charge in [0, 0.05) is 26.6 Å². The van der Waals surface area contributed by atoms with Crippen LogP contribution in [0.5, 0.6) is 5.75 Å². The molecule has 0 radical (unpaired) electrons. The molecular formula is C26H29N6O12S+. The van der Waals surface area contributed by atoms with Crippen molar-refractivity contribution in [3.8, 4) is 5.75 Å². The van der Waals surface area contributed by atoms with Crippen LogP contribution in [0.3, 0.4) is 0 Å². The number of phenolic OH excluding ortho intramolecular Hbond substituents is 1. The van der Waals surface area contributed by atoms with Gasteiger partial charge in [-0.2, -0.15) is 5.43 Å². The number of amides is 7. The molecule has 4 rings (SSSR count). The fraction of sp³-hybridized carbons (Fsp3) is 0.385. The summed E-state index contributed by atoms with van der Waals surface area (Å²) in [6, 6.07) is 0.363. The first kappa shape index (κ1) is 32.7. The summed E-state index contributed by atoms with van der Waals surface area (Å²) in [5, 5.41) is 22.9. The van der Waals surface area contributed by atoms with E-state index in [1.54, 1.807) is 6.92 Å². The third-order valence-electron chi connectivity index (χ3n) is 7.43. The molecule has 240 valence electrons. The number of hydrogen-bond acceptors (Lipinski definition) is 11. The summed E-state index contributed by atoms with van der Waals surface area (Å²) in [6.07, 6.45) is 0.143. The predicted octanol–water partition coefficient (Wildman–Crippen LogP) is -2.67. The Morgan fingerprint density at radius 1 is 1.13 bits per heavy atom. The summed E-state index contributed by atoms with van der Waals surface area (Å²) in [5.74, 6) is -7.68. The van der Waals surface area contributed by atoms with Crippen LogP contribution in [-0.2, 0) is 49.1 Å². The van der Waals surface area contributed by atoms with Crippen molar-refractivity contribution in [3.63, 3.8) is 0 Å². The number of phenols is 1. The molecule has 1 aromatic rings. The largest absolute Gasteiger partial charge is 0.508 e. The van der Waals surface area contributed by atoms with Gasteiger partial charge < -0.3 is 30.5 Å². The van der Waals surface area contributed by atoms with E-state index in [-0.39, 0.29) is 42.9 Å². The molecule has 3 heterocycles. The van der Waals surface area contributed by atoms with E-state index in [4.69, 9.17) is 4.74 Å². The lowest BCUT2D eigenvalue weighted by atomic mass is 10.00. The van der Waals surface area contributed by atoms with Gasteiger partial charge in [0.05, 0.1) is 22.1 Å². The minimum absolute atomic E-state index is 0.00553. The average Bonchev–Trinajstić information content (AvgIpc) is 2.99. The number of piperazine rings is 1. The minimum atomic E-state index is -2.12. The first-order valence-corrected chi connectivity index (χ1v) is 14.8. The number of carbonyl (C=O) groups is 8. The van der Waals surface area contributed by atoms with Crippen LogP contribution < -0.4 is 16.1 Å². The fourth-order valence-corrected chi connectivity index (χ4v) is 7.18. The minimum Gasteiger partial charge on any atom is -0.508 e. The number of aromatic hydroxyl groups is 1. The normalized spacial score (nSPS) is 25.0. The Labute approximate surface area is 257 Å². The molecule has 5 N–H and O–H groups in total. The van der Waals surface area contributed by atoms with Crippen molar-refractivity contribution in [3.05, 3.63) is 41.1 Å². The smallest absolute Gasteiger partial charge is 0.393 e.